The van der Waals surface area contributed by atoms with Gasteiger partial charge < -0.3 is 4.57 Å². The molecule has 3 heteroatoms. The SMILES string of the molecule is c1ccc(-c2cccc3c2Sc2ccccc2C32c3ccccc3Sc3ccc(-c4cccc5c4c4ccccc4n5-c4ccccc4)cc32)cc1. The third-order valence-corrected chi connectivity index (χ3v) is 13.3. The van der Waals surface area contributed by atoms with E-state index < -0.39 is 5.41 Å². The average Bonchev–Trinajstić information content (AvgIpc) is 3.56. The molecule has 0 saturated heterocycles. The van der Waals surface area contributed by atoms with Crippen LogP contribution < -0.4 is 0 Å². The third kappa shape index (κ3) is 4.21. The van der Waals surface area contributed by atoms with E-state index >= 15 is 0 Å². The van der Waals surface area contributed by atoms with Crippen LogP contribution in [0.5, 0.6) is 0 Å². The zero-order chi connectivity index (χ0) is 34.2. The number of fused-ring (bicyclic) bond motifs is 11. The van der Waals surface area contributed by atoms with E-state index in [4.69, 9.17) is 0 Å². The van der Waals surface area contributed by atoms with Crippen LogP contribution in [0.2, 0.25) is 0 Å². The van der Waals surface area contributed by atoms with Gasteiger partial charge in [0.15, 0.2) is 0 Å². The molecule has 0 bridgehead atoms. The summed E-state index contributed by atoms with van der Waals surface area (Å²) < 4.78 is 2.41. The number of hydrogen-bond donors (Lipinski definition) is 0. The molecule has 8 aromatic carbocycles. The lowest BCUT2D eigenvalue weighted by molar-refractivity contribution is 0.668. The normalized spacial score (nSPS) is 15.6. The molecule has 2 aliphatic heterocycles. The molecular weight excluding hydrogens is 667 g/mol. The van der Waals surface area contributed by atoms with Crippen molar-refractivity contribution < 1.29 is 0 Å². The van der Waals surface area contributed by atoms with Gasteiger partial charge in [-0.1, -0.05) is 163 Å². The summed E-state index contributed by atoms with van der Waals surface area (Å²) in [6.07, 6.45) is 0. The molecule has 1 nitrogen and oxygen atoms in total. The van der Waals surface area contributed by atoms with Gasteiger partial charge in [0.1, 0.15) is 0 Å². The van der Waals surface area contributed by atoms with Gasteiger partial charge in [0.25, 0.3) is 0 Å². The number of hydrogen-bond acceptors (Lipinski definition) is 2. The zero-order valence-electron chi connectivity index (χ0n) is 28.2. The fourth-order valence-electron chi connectivity index (χ4n) is 8.81. The van der Waals surface area contributed by atoms with Crippen molar-refractivity contribution in [3.63, 3.8) is 0 Å². The Morgan fingerprint density at radius 2 is 0.981 bits per heavy atom. The Bertz CT molecular complexity index is 2840. The first kappa shape index (κ1) is 29.9. The predicted molar refractivity (Wildman–Crippen MR) is 218 cm³/mol. The summed E-state index contributed by atoms with van der Waals surface area (Å²) in [5.74, 6) is 0. The summed E-state index contributed by atoms with van der Waals surface area (Å²) in [4.78, 5) is 5.26. The Hall–Kier alpha value is -5.74. The van der Waals surface area contributed by atoms with E-state index in [1.54, 1.807) is 0 Å². The third-order valence-electron chi connectivity index (χ3n) is 10.9. The molecule has 3 heterocycles. The lowest BCUT2D eigenvalue weighted by atomic mass is 9.64. The average molecular weight is 698 g/mol. The Morgan fingerprint density at radius 1 is 0.385 bits per heavy atom. The number of benzene rings is 8. The van der Waals surface area contributed by atoms with Crippen molar-refractivity contribution in [2.75, 3.05) is 0 Å². The lowest BCUT2D eigenvalue weighted by Gasteiger charge is -2.46. The molecule has 0 amide bonds. The minimum absolute atomic E-state index is 0.499. The van der Waals surface area contributed by atoms with Gasteiger partial charge >= 0.3 is 0 Å². The second-order valence-electron chi connectivity index (χ2n) is 13.6. The summed E-state index contributed by atoms with van der Waals surface area (Å²) in [5.41, 5.74) is 13.5. The molecule has 1 aromatic heterocycles. The predicted octanol–water partition coefficient (Wildman–Crippen LogP) is 13.4. The first-order chi connectivity index (χ1) is 25.8. The number of para-hydroxylation sites is 2. The van der Waals surface area contributed by atoms with E-state index in [9.17, 15) is 0 Å². The summed E-state index contributed by atoms with van der Waals surface area (Å²) in [6.45, 7) is 0. The van der Waals surface area contributed by atoms with Gasteiger partial charge in [-0.25, -0.2) is 0 Å². The highest BCUT2D eigenvalue weighted by Crippen LogP contribution is 2.63. The van der Waals surface area contributed by atoms with E-state index in [-0.39, 0.29) is 0 Å². The van der Waals surface area contributed by atoms with E-state index in [0.29, 0.717) is 0 Å². The van der Waals surface area contributed by atoms with Gasteiger partial charge in [0, 0.05) is 36.0 Å². The molecule has 1 spiro atoms. The summed E-state index contributed by atoms with van der Waals surface area (Å²) >= 11 is 3.82. The van der Waals surface area contributed by atoms with Crippen LogP contribution in [0.15, 0.2) is 208 Å². The maximum absolute atomic E-state index is 2.52. The lowest BCUT2D eigenvalue weighted by Crippen LogP contribution is -2.36. The van der Waals surface area contributed by atoms with Crippen molar-refractivity contribution in [3.8, 4) is 27.9 Å². The van der Waals surface area contributed by atoms with Crippen LogP contribution in [0.25, 0.3) is 49.7 Å². The first-order valence-electron chi connectivity index (χ1n) is 17.8. The maximum atomic E-state index is 2.52. The highest BCUT2D eigenvalue weighted by atomic mass is 32.2. The van der Waals surface area contributed by atoms with Gasteiger partial charge in [-0.15, -0.1) is 0 Å². The van der Waals surface area contributed by atoms with E-state index in [1.165, 1.54) is 91.6 Å². The standard InChI is InChI=1S/C49H31NS2/c1-3-15-32(16-4-1)36-21-13-24-40-48(36)52-45-28-12-9-23-39(45)49(40)38-22-8-11-27-44(38)51-46-30-29-33(31-41(46)49)35-20-14-26-43-47(35)37-19-7-10-25-42(37)50(43)34-17-5-2-6-18-34/h1-31H. The van der Waals surface area contributed by atoms with Crippen LogP contribution in [0.1, 0.15) is 22.3 Å². The number of aromatic nitrogens is 1. The van der Waals surface area contributed by atoms with Crippen LogP contribution in [0, 0.1) is 0 Å². The summed E-state index contributed by atoms with van der Waals surface area (Å²) in [6, 6.07) is 69.7. The van der Waals surface area contributed by atoms with Crippen molar-refractivity contribution in [3.05, 3.63) is 210 Å². The molecule has 0 saturated carbocycles. The van der Waals surface area contributed by atoms with E-state index in [0.717, 1.165) is 0 Å². The van der Waals surface area contributed by atoms with Crippen molar-refractivity contribution in [2.45, 2.75) is 25.0 Å². The van der Waals surface area contributed by atoms with Crippen molar-refractivity contribution in [2.24, 2.45) is 0 Å². The Morgan fingerprint density at radius 3 is 1.79 bits per heavy atom. The van der Waals surface area contributed by atoms with Crippen LogP contribution in [0.4, 0.5) is 0 Å². The second kappa shape index (κ2) is 11.6. The second-order valence-corrected chi connectivity index (χ2v) is 15.7. The van der Waals surface area contributed by atoms with Gasteiger partial charge in [-0.2, -0.15) is 0 Å². The smallest absolute Gasteiger partial charge is 0.0745 e. The molecule has 0 radical (unpaired) electrons. The first-order valence-corrected chi connectivity index (χ1v) is 19.4. The van der Waals surface area contributed by atoms with Gasteiger partial charge in [-0.3, -0.25) is 0 Å². The van der Waals surface area contributed by atoms with Gasteiger partial charge in [0.05, 0.1) is 16.4 Å². The summed E-state index contributed by atoms with van der Waals surface area (Å²) in [5, 5.41) is 2.55. The molecule has 1 atom stereocenters. The quantitative estimate of drug-likeness (QED) is 0.181. The maximum Gasteiger partial charge on any atom is 0.0745 e. The van der Waals surface area contributed by atoms with Crippen LogP contribution in [0.3, 0.4) is 0 Å². The molecule has 0 fully saturated rings. The molecule has 2 aliphatic rings. The van der Waals surface area contributed by atoms with Crippen molar-refractivity contribution >= 4 is 45.3 Å². The Balaban J connectivity index is 1.23. The number of rotatable bonds is 3. The number of nitrogens with zero attached hydrogens (tertiary/aromatic N) is 1. The van der Waals surface area contributed by atoms with Crippen LogP contribution in [-0.4, -0.2) is 4.57 Å². The molecular formula is C49H31NS2. The molecule has 52 heavy (non-hydrogen) atoms. The molecule has 0 N–H and O–H groups in total. The van der Waals surface area contributed by atoms with Gasteiger partial charge in [-0.05, 0) is 93.0 Å². The molecule has 11 rings (SSSR count). The molecule has 244 valence electrons. The monoisotopic (exact) mass is 697 g/mol. The van der Waals surface area contributed by atoms with E-state index in [2.05, 4.69) is 193 Å². The summed E-state index contributed by atoms with van der Waals surface area (Å²) in [7, 11) is 0. The zero-order valence-corrected chi connectivity index (χ0v) is 29.8. The highest BCUT2D eigenvalue weighted by Gasteiger charge is 2.49. The van der Waals surface area contributed by atoms with Crippen LogP contribution in [-0.2, 0) is 5.41 Å². The van der Waals surface area contributed by atoms with Crippen molar-refractivity contribution in [1.29, 1.82) is 0 Å². The molecule has 9 aromatic rings. The van der Waals surface area contributed by atoms with Gasteiger partial charge in [0.2, 0.25) is 0 Å². The minimum atomic E-state index is -0.499. The van der Waals surface area contributed by atoms with E-state index in [1.807, 2.05) is 23.5 Å². The van der Waals surface area contributed by atoms with Crippen LogP contribution >= 0.6 is 23.5 Å². The minimum Gasteiger partial charge on any atom is -0.309 e. The molecule has 0 aliphatic carbocycles. The largest absolute Gasteiger partial charge is 0.309 e. The van der Waals surface area contributed by atoms with Crippen molar-refractivity contribution in [1.82, 2.24) is 4.57 Å². The fraction of sp³-hybridized carbons (Fsp3) is 0.0204. The Kier molecular flexibility index (Phi) is 6.70. The fourth-order valence-corrected chi connectivity index (χ4v) is 11.3. The molecule has 1 unspecified atom stereocenters. The highest BCUT2D eigenvalue weighted by molar-refractivity contribution is 8.00. The topological polar surface area (TPSA) is 4.93 Å². The Labute approximate surface area is 311 Å².